The number of halogens is 1. The van der Waals surface area contributed by atoms with Gasteiger partial charge in [-0.2, -0.15) is 0 Å². The van der Waals surface area contributed by atoms with E-state index < -0.39 is 0 Å². The van der Waals surface area contributed by atoms with Crippen LogP contribution >= 0.6 is 0 Å². The molecule has 0 atom stereocenters. The molecule has 3 heterocycles. The van der Waals surface area contributed by atoms with Gasteiger partial charge in [-0.15, -0.1) is 0 Å². The second kappa shape index (κ2) is 10.5. The van der Waals surface area contributed by atoms with Gasteiger partial charge in [0, 0.05) is 68.1 Å². The summed E-state index contributed by atoms with van der Waals surface area (Å²) in [6, 6.07) is 8.95. The SMILES string of the molecule is CCNC(=NCc1cccnc1N1CCN(C)CC1)NCCc1c[nH]c2cc(F)ccc12. The monoisotopic (exact) mass is 437 g/mol. The molecule has 8 heteroatoms. The molecule has 1 fully saturated rings. The number of H-pyrrole nitrogens is 1. The molecule has 3 aromatic rings. The maximum atomic E-state index is 13.4. The lowest BCUT2D eigenvalue weighted by atomic mass is 10.1. The number of fused-ring (bicyclic) bond motifs is 1. The summed E-state index contributed by atoms with van der Waals surface area (Å²) in [5.41, 5.74) is 3.12. The van der Waals surface area contributed by atoms with Crippen LogP contribution in [-0.4, -0.2) is 67.1 Å². The van der Waals surface area contributed by atoms with Crippen LogP contribution in [-0.2, 0) is 13.0 Å². The first-order valence-electron chi connectivity index (χ1n) is 11.3. The lowest BCUT2D eigenvalue weighted by Gasteiger charge is -2.34. The highest BCUT2D eigenvalue weighted by Gasteiger charge is 2.17. The number of pyridine rings is 1. The molecule has 1 aliphatic rings. The van der Waals surface area contributed by atoms with Gasteiger partial charge in [0.25, 0.3) is 0 Å². The standard InChI is InChI=1S/C24H32FN7/c1-3-26-24(28-10-8-18-16-29-22-15-20(25)6-7-21(18)22)30-17-19-5-4-9-27-23(19)32-13-11-31(2)12-14-32/h4-7,9,15-16,29H,3,8,10-14,17H2,1-2H3,(H2,26,28,30). The minimum atomic E-state index is -0.225. The first-order valence-corrected chi connectivity index (χ1v) is 11.3. The quantitative estimate of drug-likeness (QED) is 0.392. The number of likely N-dealkylation sites (N-methyl/N-ethyl adjacent to an activating group) is 1. The van der Waals surface area contributed by atoms with Gasteiger partial charge in [0.05, 0.1) is 6.54 Å². The molecule has 1 aliphatic heterocycles. The van der Waals surface area contributed by atoms with Crippen molar-refractivity contribution in [3.05, 3.63) is 59.7 Å². The second-order valence-electron chi connectivity index (χ2n) is 8.15. The van der Waals surface area contributed by atoms with Crippen molar-refractivity contribution >= 4 is 22.7 Å². The Kier molecular flexibility index (Phi) is 7.21. The van der Waals surface area contributed by atoms with E-state index in [0.717, 1.165) is 79.5 Å². The first-order chi connectivity index (χ1) is 15.6. The van der Waals surface area contributed by atoms with E-state index in [1.807, 2.05) is 24.5 Å². The summed E-state index contributed by atoms with van der Waals surface area (Å²) in [5.74, 6) is 1.59. The number of nitrogens with zero attached hydrogens (tertiary/aromatic N) is 4. The van der Waals surface area contributed by atoms with Crippen molar-refractivity contribution in [3.63, 3.8) is 0 Å². The molecule has 1 aromatic carbocycles. The maximum Gasteiger partial charge on any atom is 0.191 e. The molecule has 4 rings (SSSR count). The van der Waals surface area contributed by atoms with Gasteiger partial charge in [0.2, 0.25) is 0 Å². The molecule has 2 aromatic heterocycles. The molecule has 0 radical (unpaired) electrons. The van der Waals surface area contributed by atoms with Crippen molar-refractivity contribution in [3.8, 4) is 0 Å². The lowest BCUT2D eigenvalue weighted by Crippen LogP contribution is -2.45. The number of aromatic amines is 1. The Morgan fingerprint density at radius 3 is 2.81 bits per heavy atom. The largest absolute Gasteiger partial charge is 0.361 e. The van der Waals surface area contributed by atoms with E-state index in [9.17, 15) is 4.39 Å². The Morgan fingerprint density at radius 1 is 1.16 bits per heavy atom. The highest BCUT2D eigenvalue weighted by Crippen LogP contribution is 2.20. The molecule has 170 valence electrons. The number of rotatable bonds is 7. The molecule has 1 saturated heterocycles. The van der Waals surface area contributed by atoms with Crippen LogP contribution in [0.1, 0.15) is 18.1 Å². The summed E-state index contributed by atoms with van der Waals surface area (Å²) in [4.78, 5) is 17.3. The number of aliphatic imine (C=N–C) groups is 1. The van der Waals surface area contributed by atoms with Crippen molar-refractivity contribution in [2.75, 3.05) is 51.2 Å². The van der Waals surface area contributed by atoms with Crippen LogP contribution in [0.15, 0.2) is 47.7 Å². The van der Waals surface area contributed by atoms with E-state index in [4.69, 9.17) is 4.99 Å². The number of guanidine groups is 1. The van der Waals surface area contributed by atoms with Gasteiger partial charge in [-0.05, 0) is 50.2 Å². The summed E-state index contributed by atoms with van der Waals surface area (Å²) in [7, 11) is 2.16. The van der Waals surface area contributed by atoms with Gasteiger partial charge in [-0.1, -0.05) is 6.07 Å². The third-order valence-corrected chi connectivity index (χ3v) is 5.84. The number of hydrogen-bond donors (Lipinski definition) is 3. The Bertz CT molecular complexity index is 1050. The molecule has 0 saturated carbocycles. The van der Waals surface area contributed by atoms with Gasteiger partial charge in [-0.3, -0.25) is 0 Å². The Hall–Kier alpha value is -3.13. The van der Waals surface area contributed by atoms with Gasteiger partial charge < -0.3 is 25.4 Å². The second-order valence-corrected chi connectivity index (χ2v) is 8.15. The fourth-order valence-electron chi connectivity index (χ4n) is 4.04. The summed E-state index contributed by atoms with van der Waals surface area (Å²) < 4.78 is 13.4. The summed E-state index contributed by atoms with van der Waals surface area (Å²) >= 11 is 0. The molecular formula is C24H32FN7. The fraction of sp³-hybridized carbons (Fsp3) is 0.417. The molecule has 0 bridgehead atoms. The van der Waals surface area contributed by atoms with E-state index in [2.05, 4.69) is 50.4 Å². The molecule has 0 unspecified atom stereocenters. The van der Waals surface area contributed by atoms with Crippen LogP contribution in [0.4, 0.5) is 10.2 Å². The average Bonchev–Trinajstić information content (AvgIpc) is 3.20. The third-order valence-electron chi connectivity index (χ3n) is 5.84. The van der Waals surface area contributed by atoms with Crippen LogP contribution < -0.4 is 15.5 Å². The van der Waals surface area contributed by atoms with E-state index in [-0.39, 0.29) is 5.82 Å². The number of piperazine rings is 1. The molecule has 0 amide bonds. The Balaban J connectivity index is 1.39. The predicted molar refractivity (Wildman–Crippen MR) is 129 cm³/mol. The highest BCUT2D eigenvalue weighted by atomic mass is 19.1. The van der Waals surface area contributed by atoms with Gasteiger partial charge >= 0.3 is 0 Å². The van der Waals surface area contributed by atoms with Crippen LogP contribution in [0.5, 0.6) is 0 Å². The van der Waals surface area contributed by atoms with E-state index in [0.29, 0.717) is 6.54 Å². The summed E-state index contributed by atoms with van der Waals surface area (Å²) in [6.07, 6.45) is 4.63. The fourth-order valence-corrected chi connectivity index (χ4v) is 4.04. The Morgan fingerprint density at radius 2 is 2.00 bits per heavy atom. The van der Waals surface area contributed by atoms with E-state index >= 15 is 0 Å². The molecule has 7 nitrogen and oxygen atoms in total. The van der Waals surface area contributed by atoms with Gasteiger partial charge in [0.1, 0.15) is 11.6 Å². The minimum Gasteiger partial charge on any atom is -0.361 e. The highest BCUT2D eigenvalue weighted by molar-refractivity contribution is 5.83. The summed E-state index contributed by atoms with van der Waals surface area (Å²) in [6.45, 7) is 8.20. The zero-order valence-corrected chi connectivity index (χ0v) is 18.9. The normalized spacial score (nSPS) is 15.3. The third kappa shape index (κ3) is 5.37. The van der Waals surface area contributed by atoms with E-state index in [1.54, 1.807) is 0 Å². The predicted octanol–water partition coefficient (Wildman–Crippen LogP) is 2.75. The van der Waals surface area contributed by atoms with Crippen LogP contribution in [0.2, 0.25) is 0 Å². The van der Waals surface area contributed by atoms with Gasteiger partial charge in [-0.25, -0.2) is 14.4 Å². The zero-order chi connectivity index (χ0) is 22.3. The smallest absolute Gasteiger partial charge is 0.191 e. The lowest BCUT2D eigenvalue weighted by molar-refractivity contribution is 0.312. The molecular weight excluding hydrogens is 405 g/mol. The van der Waals surface area contributed by atoms with E-state index in [1.165, 1.54) is 12.1 Å². The van der Waals surface area contributed by atoms with Crippen molar-refractivity contribution in [2.45, 2.75) is 19.9 Å². The summed E-state index contributed by atoms with van der Waals surface area (Å²) in [5, 5.41) is 7.80. The van der Waals surface area contributed by atoms with Crippen LogP contribution in [0.25, 0.3) is 10.9 Å². The molecule has 0 aliphatic carbocycles. The first kappa shape index (κ1) is 22.1. The Labute approximate surface area is 188 Å². The van der Waals surface area contributed by atoms with Crippen molar-refractivity contribution in [1.82, 2.24) is 25.5 Å². The number of anilines is 1. The van der Waals surface area contributed by atoms with Crippen molar-refractivity contribution in [1.29, 1.82) is 0 Å². The minimum absolute atomic E-state index is 0.225. The van der Waals surface area contributed by atoms with Crippen molar-refractivity contribution < 1.29 is 4.39 Å². The number of hydrogen-bond acceptors (Lipinski definition) is 4. The molecule has 0 spiro atoms. The topological polar surface area (TPSA) is 71.6 Å². The number of benzene rings is 1. The number of nitrogens with one attached hydrogen (secondary N) is 3. The number of aromatic nitrogens is 2. The van der Waals surface area contributed by atoms with Crippen LogP contribution in [0.3, 0.4) is 0 Å². The van der Waals surface area contributed by atoms with Crippen LogP contribution in [0, 0.1) is 5.82 Å². The molecule has 3 N–H and O–H groups in total. The average molecular weight is 438 g/mol. The van der Waals surface area contributed by atoms with Crippen molar-refractivity contribution in [2.24, 2.45) is 4.99 Å². The maximum absolute atomic E-state index is 13.4. The zero-order valence-electron chi connectivity index (χ0n) is 18.9. The van der Waals surface area contributed by atoms with Gasteiger partial charge in [0.15, 0.2) is 5.96 Å². The molecule has 32 heavy (non-hydrogen) atoms.